The summed E-state index contributed by atoms with van der Waals surface area (Å²) in [5, 5.41) is 15.5. The summed E-state index contributed by atoms with van der Waals surface area (Å²) in [5.41, 5.74) is -0.0163. The largest absolute Gasteiger partial charge is 0.380 e. The van der Waals surface area contributed by atoms with E-state index in [0.29, 0.717) is 11.3 Å². The summed E-state index contributed by atoms with van der Waals surface area (Å²) in [4.78, 5) is 12.3. The number of halogens is 2. The van der Waals surface area contributed by atoms with Crippen molar-refractivity contribution < 1.29 is 9.90 Å². The number of aliphatic hydroxyl groups is 1. The number of carbonyl (C=O) groups is 1. The summed E-state index contributed by atoms with van der Waals surface area (Å²) in [6.45, 7) is 1.71. The molecule has 1 unspecified atom stereocenters. The summed E-state index contributed by atoms with van der Waals surface area (Å²) in [6, 6.07) is 9.08. The van der Waals surface area contributed by atoms with Crippen LogP contribution in [0.15, 0.2) is 40.2 Å². The van der Waals surface area contributed by atoms with Crippen molar-refractivity contribution in [1.29, 1.82) is 0 Å². The molecule has 0 saturated heterocycles. The number of hydrogen-bond donors (Lipinski definition) is 2. The van der Waals surface area contributed by atoms with Gasteiger partial charge in [0, 0.05) is 20.6 Å². The Hall–Kier alpha value is -0.880. The van der Waals surface area contributed by atoms with E-state index in [1.165, 1.54) is 11.3 Å². The van der Waals surface area contributed by atoms with Gasteiger partial charge in [-0.1, -0.05) is 22.0 Å². The topological polar surface area (TPSA) is 49.3 Å². The number of anilines is 1. The quantitative estimate of drug-likeness (QED) is 0.796. The van der Waals surface area contributed by atoms with Crippen molar-refractivity contribution in [2.45, 2.75) is 12.5 Å². The zero-order valence-electron chi connectivity index (χ0n) is 10.7. The number of carbonyl (C=O) groups excluding carboxylic acids is 1. The molecule has 1 aromatic heterocycles. The minimum absolute atomic E-state index is 0.128. The average Bonchev–Trinajstić information content (AvgIpc) is 2.95. The van der Waals surface area contributed by atoms with Crippen molar-refractivity contribution in [3.63, 3.8) is 0 Å². The third kappa shape index (κ3) is 3.23. The van der Waals surface area contributed by atoms with Crippen LogP contribution in [-0.4, -0.2) is 16.9 Å². The zero-order valence-corrected chi connectivity index (χ0v) is 13.8. The highest BCUT2D eigenvalue weighted by atomic mass is 79.9. The minimum atomic E-state index is -1.19. The molecule has 1 amide bonds. The number of amides is 1. The SMILES string of the molecule is CC(O)(c1cccs1)c1cc(Br)ccc1NC(=O)CCl. The molecule has 2 N–H and O–H groups in total. The molecular formula is C14H13BrClNO2S. The third-order valence-corrected chi connectivity index (χ3v) is 4.72. The second kappa shape index (κ2) is 6.26. The molecule has 20 heavy (non-hydrogen) atoms. The van der Waals surface area contributed by atoms with Crippen LogP contribution in [0.3, 0.4) is 0 Å². The van der Waals surface area contributed by atoms with Gasteiger partial charge in [-0.25, -0.2) is 0 Å². The molecular weight excluding hydrogens is 362 g/mol. The van der Waals surface area contributed by atoms with Crippen molar-refractivity contribution in [1.82, 2.24) is 0 Å². The van der Waals surface area contributed by atoms with Crippen LogP contribution >= 0.6 is 38.9 Å². The van der Waals surface area contributed by atoms with Gasteiger partial charge in [0.25, 0.3) is 0 Å². The highest BCUT2D eigenvalue weighted by Crippen LogP contribution is 2.37. The normalized spacial score (nSPS) is 13.8. The highest BCUT2D eigenvalue weighted by molar-refractivity contribution is 9.10. The summed E-state index contributed by atoms with van der Waals surface area (Å²) in [6.07, 6.45) is 0. The first-order valence-electron chi connectivity index (χ1n) is 5.87. The first-order valence-corrected chi connectivity index (χ1v) is 8.08. The lowest BCUT2D eigenvalue weighted by atomic mass is 9.92. The second-order valence-corrected chi connectivity index (χ2v) is 6.55. The lowest BCUT2D eigenvalue weighted by Crippen LogP contribution is -2.25. The molecule has 0 aliphatic carbocycles. The van der Waals surface area contributed by atoms with E-state index in [0.717, 1.165) is 9.35 Å². The lowest BCUT2D eigenvalue weighted by Gasteiger charge is -2.25. The maximum atomic E-state index is 11.5. The van der Waals surface area contributed by atoms with Crippen molar-refractivity contribution in [3.05, 3.63) is 50.6 Å². The third-order valence-electron chi connectivity index (χ3n) is 2.90. The van der Waals surface area contributed by atoms with E-state index in [1.54, 1.807) is 25.1 Å². The van der Waals surface area contributed by atoms with Crippen molar-refractivity contribution in [2.75, 3.05) is 11.2 Å². The van der Waals surface area contributed by atoms with Crippen LogP contribution in [0.1, 0.15) is 17.4 Å². The van der Waals surface area contributed by atoms with Gasteiger partial charge in [0.15, 0.2) is 0 Å². The van der Waals surface area contributed by atoms with Crippen molar-refractivity contribution in [3.8, 4) is 0 Å². The van der Waals surface area contributed by atoms with Crippen LogP contribution in [-0.2, 0) is 10.4 Å². The Morgan fingerprint density at radius 1 is 1.50 bits per heavy atom. The number of alkyl halides is 1. The van der Waals surface area contributed by atoms with Gasteiger partial charge in [0.2, 0.25) is 5.91 Å². The molecule has 0 aliphatic heterocycles. The molecule has 2 aromatic rings. The molecule has 6 heteroatoms. The Kier molecular flexibility index (Phi) is 4.86. The van der Waals surface area contributed by atoms with E-state index >= 15 is 0 Å². The molecule has 0 fully saturated rings. The predicted molar refractivity (Wildman–Crippen MR) is 86.5 cm³/mol. The summed E-state index contributed by atoms with van der Waals surface area (Å²) >= 11 is 10.4. The van der Waals surface area contributed by atoms with Crippen molar-refractivity contribution >= 4 is 50.5 Å². The van der Waals surface area contributed by atoms with Crippen LogP contribution in [0.4, 0.5) is 5.69 Å². The van der Waals surface area contributed by atoms with E-state index in [-0.39, 0.29) is 11.8 Å². The standard InChI is InChI=1S/C14H13BrClNO2S/c1-14(19,12-3-2-6-20-12)10-7-9(15)4-5-11(10)17-13(18)8-16/h2-7,19H,8H2,1H3,(H,17,18). The minimum Gasteiger partial charge on any atom is -0.380 e. The molecule has 1 heterocycles. The first kappa shape index (κ1) is 15.5. The van der Waals surface area contributed by atoms with Gasteiger partial charge in [0.1, 0.15) is 11.5 Å². The first-order chi connectivity index (χ1) is 9.45. The Bertz CT molecular complexity index is 614. The number of nitrogens with one attached hydrogen (secondary N) is 1. The van der Waals surface area contributed by atoms with Gasteiger partial charge < -0.3 is 10.4 Å². The molecule has 0 saturated carbocycles. The fourth-order valence-corrected chi connectivity index (χ4v) is 3.13. The predicted octanol–water partition coefficient (Wildman–Crippen LogP) is 3.94. The number of thiophene rings is 1. The molecule has 2 rings (SSSR count). The second-order valence-electron chi connectivity index (χ2n) is 4.42. The van der Waals surface area contributed by atoms with Gasteiger partial charge in [-0.05, 0) is 36.6 Å². The van der Waals surface area contributed by atoms with Crippen LogP contribution < -0.4 is 5.32 Å². The number of hydrogen-bond acceptors (Lipinski definition) is 3. The lowest BCUT2D eigenvalue weighted by molar-refractivity contribution is -0.113. The maximum Gasteiger partial charge on any atom is 0.239 e. The monoisotopic (exact) mass is 373 g/mol. The van der Waals surface area contributed by atoms with E-state index in [4.69, 9.17) is 11.6 Å². The Morgan fingerprint density at radius 2 is 2.25 bits per heavy atom. The summed E-state index contributed by atoms with van der Waals surface area (Å²) in [5.74, 6) is -0.436. The highest BCUT2D eigenvalue weighted by Gasteiger charge is 2.30. The van der Waals surface area contributed by atoms with E-state index in [2.05, 4.69) is 21.2 Å². The Morgan fingerprint density at radius 3 is 2.85 bits per heavy atom. The van der Waals surface area contributed by atoms with Crippen LogP contribution in [0, 0.1) is 0 Å². The fraction of sp³-hybridized carbons (Fsp3) is 0.214. The molecule has 0 radical (unpaired) electrons. The van der Waals surface area contributed by atoms with E-state index < -0.39 is 5.60 Å². The Labute approximate surface area is 134 Å². The number of rotatable bonds is 4. The van der Waals surface area contributed by atoms with Gasteiger partial charge in [-0.3, -0.25) is 4.79 Å². The summed E-state index contributed by atoms with van der Waals surface area (Å²) in [7, 11) is 0. The molecule has 0 bridgehead atoms. The fourth-order valence-electron chi connectivity index (χ4n) is 1.90. The molecule has 0 aliphatic rings. The van der Waals surface area contributed by atoms with Gasteiger partial charge in [-0.15, -0.1) is 22.9 Å². The van der Waals surface area contributed by atoms with Crippen LogP contribution in [0.5, 0.6) is 0 Å². The molecule has 0 spiro atoms. The molecule has 3 nitrogen and oxygen atoms in total. The summed E-state index contributed by atoms with van der Waals surface area (Å²) < 4.78 is 0.827. The van der Waals surface area contributed by atoms with E-state index in [1.807, 2.05) is 17.5 Å². The van der Waals surface area contributed by atoms with Crippen LogP contribution in [0.25, 0.3) is 0 Å². The molecule has 106 valence electrons. The zero-order chi connectivity index (χ0) is 14.8. The molecule has 1 aromatic carbocycles. The smallest absolute Gasteiger partial charge is 0.239 e. The van der Waals surface area contributed by atoms with Gasteiger partial charge >= 0.3 is 0 Å². The molecule has 1 atom stereocenters. The number of benzene rings is 1. The average molecular weight is 375 g/mol. The Balaban J connectivity index is 2.49. The van der Waals surface area contributed by atoms with Gasteiger partial charge in [0.05, 0.1) is 0 Å². The van der Waals surface area contributed by atoms with E-state index in [9.17, 15) is 9.90 Å². The van der Waals surface area contributed by atoms with Crippen LogP contribution in [0.2, 0.25) is 0 Å². The van der Waals surface area contributed by atoms with Gasteiger partial charge in [-0.2, -0.15) is 0 Å². The maximum absolute atomic E-state index is 11.5. The van der Waals surface area contributed by atoms with Crippen molar-refractivity contribution in [2.24, 2.45) is 0 Å².